The zero-order valence-electron chi connectivity index (χ0n) is 23.8. The zero-order chi connectivity index (χ0) is 32.3. The number of morpholine rings is 1. The summed E-state index contributed by atoms with van der Waals surface area (Å²) >= 11 is 1.73. The predicted octanol–water partition coefficient (Wildman–Crippen LogP) is 2.94. The number of carbonyl (C=O) groups is 5. The van der Waals surface area contributed by atoms with Gasteiger partial charge in [0.1, 0.15) is 0 Å². The molecule has 2 aromatic carbocycles. The molecule has 0 aromatic heterocycles. The van der Waals surface area contributed by atoms with E-state index in [0.717, 1.165) is 67.0 Å². The van der Waals surface area contributed by atoms with Crippen molar-refractivity contribution in [1.82, 2.24) is 10.2 Å². The average Bonchev–Trinajstić information content (AvgIpc) is 3.00. The molecular weight excluding hydrogens is 594 g/mol. The fourth-order valence-corrected chi connectivity index (χ4v) is 5.00. The molecule has 1 amide bonds. The van der Waals surface area contributed by atoms with Crippen LogP contribution in [0.3, 0.4) is 0 Å². The molecule has 0 aliphatic carbocycles. The maximum Gasteiger partial charge on any atom is 0.328 e. The number of carboxylic acids is 4. The van der Waals surface area contributed by atoms with Crippen molar-refractivity contribution >= 4 is 52.9 Å². The number of carboxylic acid groups (broad SMARTS) is 4. The maximum atomic E-state index is 13.1. The van der Waals surface area contributed by atoms with Crippen LogP contribution in [0.5, 0.6) is 0 Å². The lowest BCUT2D eigenvalue weighted by Crippen LogP contribution is -2.38. The Hall–Kier alpha value is -4.50. The number of aliphatic carboxylic acids is 4. The number of hydrogen-bond acceptors (Lipinski definition) is 9. The summed E-state index contributed by atoms with van der Waals surface area (Å²) in [6.07, 6.45) is 3.82. The standard InChI is InChI=1S/C22H27N3O2S.2C4H4O4/c26-22(10-12-23-11-5-13-24-14-16-27-17-15-24)25-18-6-1-3-8-20(18)28-21-9-4-2-7-19(21)25;2*5-3(6)1-2-4(7)8/h1-4,6-9,23H,5,10-17H2;2*1-2H,(H,5,6)(H,7,8)/b;2*2-1-. The average molecular weight is 630 g/mol. The highest BCUT2D eigenvalue weighted by Gasteiger charge is 2.27. The molecule has 13 nitrogen and oxygen atoms in total. The van der Waals surface area contributed by atoms with E-state index in [1.807, 2.05) is 41.3 Å². The predicted molar refractivity (Wildman–Crippen MR) is 162 cm³/mol. The van der Waals surface area contributed by atoms with Gasteiger partial charge in [-0.05, 0) is 43.8 Å². The molecule has 0 atom stereocenters. The van der Waals surface area contributed by atoms with E-state index in [1.54, 1.807) is 11.8 Å². The molecule has 2 aromatic rings. The molecule has 1 saturated heterocycles. The number of benzene rings is 2. The lowest BCUT2D eigenvalue weighted by molar-refractivity contribution is -0.134. The van der Waals surface area contributed by atoms with E-state index in [1.165, 1.54) is 0 Å². The highest BCUT2D eigenvalue weighted by molar-refractivity contribution is 7.99. The Balaban J connectivity index is 0.000000349. The molecule has 5 N–H and O–H groups in total. The van der Waals surface area contributed by atoms with Gasteiger partial charge in [-0.3, -0.25) is 14.6 Å². The molecule has 0 bridgehead atoms. The molecular formula is C30H35N3O10S. The van der Waals surface area contributed by atoms with Gasteiger partial charge in [0.25, 0.3) is 0 Å². The Bertz CT molecular complexity index is 1230. The number of hydrogen-bond donors (Lipinski definition) is 5. The summed E-state index contributed by atoms with van der Waals surface area (Å²) in [6, 6.07) is 16.3. The monoisotopic (exact) mass is 629 g/mol. The van der Waals surface area contributed by atoms with Crippen molar-refractivity contribution in [3.05, 3.63) is 72.8 Å². The second-order valence-electron chi connectivity index (χ2n) is 9.09. The van der Waals surface area contributed by atoms with Crippen molar-refractivity contribution in [2.75, 3.05) is 50.8 Å². The quantitative estimate of drug-likeness (QED) is 0.180. The van der Waals surface area contributed by atoms with Crippen LogP contribution in [-0.4, -0.2) is 101 Å². The van der Waals surface area contributed by atoms with Crippen molar-refractivity contribution in [3.63, 3.8) is 0 Å². The minimum Gasteiger partial charge on any atom is -0.478 e. The second-order valence-corrected chi connectivity index (χ2v) is 10.2. The van der Waals surface area contributed by atoms with Gasteiger partial charge < -0.3 is 30.5 Å². The molecule has 14 heteroatoms. The molecule has 1 fully saturated rings. The van der Waals surface area contributed by atoms with Crippen molar-refractivity contribution in [3.8, 4) is 0 Å². The molecule has 0 unspecified atom stereocenters. The van der Waals surface area contributed by atoms with Crippen LogP contribution in [0, 0.1) is 0 Å². The third-order valence-electron chi connectivity index (χ3n) is 5.87. The summed E-state index contributed by atoms with van der Waals surface area (Å²) < 4.78 is 5.38. The SMILES string of the molecule is O=C(CCNCCCN1CCOCC1)N1c2ccccc2Sc2ccccc21.O=C(O)/C=C\C(=O)O.O=C(O)/C=C\C(=O)O. The van der Waals surface area contributed by atoms with Crippen molar-refractivity contribution in [2.24, 2.45) is 0 Å². The fourth-order valence-electron chi connectivity index (χ4n) is 3.94. The largest absolute Gasteiger partial charge is 0.478 e. The summed E-state index contributed by atoms with van der Waals surface area (Å²) in [4.78, 5) is 57.9. The van der Waals surface area contributed by atoms with Crippen LogP contribution in [0.15, 0.2) is 82.6 Å². The van der Waals surface area contributed by atoms with Crippen LogP contribution in [-0.2, 0) is 28.7 Å². The van der Waals surface area contributed by atoms with Crippen LogP contribution in [0.1, 0.15) is 12.8 Å². The number of anilines is 2. The Labute approximate surface area is 258 Å². The number of nitrogens with zero attached hydrogens (tertiary/aromatic N) is 2. The fraction of sp³-hybridized carbons (Fsp3) is 0.300. The molecule has 4 rings (SSSR count). The number of para-hydroxylation sites is 2. The molecule has 2 aliphatic rings. The normalized spacial score (nSPS) is 14.0. The third kappa shape index (κ3) is 13.6. The van der Waals surface area contributed by atoms with E-state index in [-0.39, 0.29) is 5.91 Å². The first-order valence-electron chi connectivity index (χ1n) is 13.6. The Morgan fingerprint density at radius 1 is 0.727 bits per heavy atom. The minimum absolute atomic E-state index is 0.140. The maximum absolute atomic E-state index is 13.1. The van der Waals surface area contributed by atoms with E-state index < -0.39 is 23.9 Å². The molecule has 0 saturated carbocycles. The molecule has 2 aliphatic heterocycles. The molecule has 236 valence electrons. The smallest absolute Gasteiger partial charge is 0.328 e. The van der Waals surface area contributed by atoms with Crippen LogP contribution in [0.4, 0.5) is 11.4 Å². The van der Waals surface area contributed by atoms with Gasteiger partial charge in [0.15, 0.2) is 0 Å². The van der Waals surface area contributed by atoms with Gasteiger partial charge in [-0.15, -0.1) is 0 Å². The number of fused-ring (bicyclic) bond motifs is 2. The van der Waals surface area contributed by atoms with E-state index in [4.69, 9.17) is 25.2 Å². The minimum atomic E-state index is -1.26. The number of rotatable bonds is 11. The van der Waals surface area contributed by atoms with Gasteiger partial charge >= 0.3 is 23.9 Å². The summed E-state index contributed by atoms with van der Waals surface area (Å²) in [5.41, 5.74) is 1.98. The Morgan fingerprint density at radius 3 is 1.64 bits per heavy atom. The lowest BCUT2D eigenvalue weighted by atomic mass is 10.2. The van der Waals surface area contributed by atoms with Crippen molar-refractivity contribution in [2.45, 2.75) is 22.6 Å². The van der Waals surface area contributed by atoms with E-state index >= 15 is 0 Å². The first kappa shape index (κ1) is 35.7. The summed E-state index contributed by atoms with van der Waals surface area (Å²) in [5, 5.41) is 34.7. The number of amides is 1. The molecule has 2 heterocycles. The van der Waals surface area contributed by atoms with Gasteiger partial charge in [0.05, 0.1) is 24.6 Å². The molecule has 44 heavy (non-hydrogen) atoms. The summed E-state index contributed by atoms with van der Waals surface area (Å²) in [5.74, 6) is -4.89. The van der Waals surface area contributed by atoms with Gasteiger partial charge in [-0.2, -0.15) is 0 Å². The zero-order valence-corrected chi connectivity index (χ0v) is 24.6. The number of carbonyl (C=O) groups excluding carboxylic acids is 1. The topological polar surface area (TPSA) is 194 Å². The van der Waals surface area contributed by atoms with Crippen molar-refractivity contribution < 1.29 is 49.1 Å². The van der Waals surface area contributed by atoms with Gasteiger partial charge in [0, 0.05) is 60.2 Å². The van der Waals surface area contributed by atoms with Gasteiger partial charge in [-0.25, -0.2) is 19.2 Å². The van der Waals surface area contributed by atoms with Gasteiger partial charge in [0.2, 0.25) is 5.91 Å². The van der Waals surface area contributed by atoms with E-state index in [9.17, 15) is 24.0 Å². The van der Waals surface area contributed by atoms with Crippen LogP contribution < -0.4 is 10.2 Å². The highest BCUT2D eigenvalue weighted by atomic mass is 32.2. The number of nitrogens with one attached hydrogen (secondary N) is 1. The van der Waals surface area contributed by atoms with Crippen LogP contribution in [0.25, 0.3) is 0 Å². The van der Waals surface area contributed by atoms with Crippen LogP contribution >= 0.6 is 11.8 Å². The lowest BCUT2D eigenvalue weighted by Gasteiger charge is -2.31. The molecule has 0 radical (unpaired) electrons. The third-order valence-corrected chi connectivity index (χ3v) is 7.00. The molecule has 0 spiro atoms. The Kier molecular flexibility index (Phi) is 15.9. The first-order valence-corrected chi connectivity index (χ1v) is 14.4. The van der Waals surface area contributed by atoms with E-state index in [2.05, 4.69) is 22.3 Å². The summed E-state index contributed by atoms with van der Waals surface area (Å²) in [6.45, 7) is 6.49. The second kappa shape index (κ2) is 19.6. The Morgan fingerprint density at radius 2 is 1.18 bits per heavy atom. The van der Waals surface area contributed by atoms with Crippen LogP contribution in [0.2, 0.25) is 0 Å². The van der Waals surface area contributed by atoms with Gasteiger partial charge in [-0.1, -0.05) is 36.0 Å². The number of ether oxygens (including phenoxy) is 1. The first-order chi connectivity index (χ1) is 21.1. The van der Waals surface area contributed by atoms with E-state index in [0.29, 0.717) is 37.3 Å². The highest BCUT2D eigenvalue weighted by Crippen LogP contribution is 2.47. The van der Waals surface area contributed by atoms with Crippen molar-refractivity contribution in [1.29, 1.82) is 0 Å². The summed E-state index contributed by atoms with van der Waals surface area (Å²) in [7, 11) is 0.